The molecule has 0 atom stereocenters. The monoisotopic (exact) mass is 350 g/mol. The molecule has 0 aliphatic heterocycles. The molecule has 2 N–H and O–H groups in total. The van der Waals surface area contributed by atoms with E-state index in [9.17, 15) is 13.2 Å². The molecule has 0 bridgehead atoms. The Morgan fingerprint density at radius 2 is 1.86 bits per heavy atom. The van der Waals surface area contributed by atoms with E-state index in [-0.39, 0.29) is 24.7 Å². The van der Waals surface area contributed by atoms with Crippen molar-refractivity contribution >= 4 is 27.5 Å². The van der Waals surface area contributed by atoms with Crippen molar-refractivity contribution in [2.75, 3.05) is 38.9 Å². The van der Waals surface area contributed by atoms with Gasteiger partial charge >= 0.3 is 0 Å². The summed E-state index contributed by atoms with van der Waals surface area (Å²) in [6.45, 7) is 0.151. The number of amides is 1. The smallest absolute Gasteiger partial charge is 0.251 e. The third-order valence-corrected chi connectivity index (χ3v) is 4.29. The van der Waals surface area contributed by atoms with Gasteiger partial charge in [-0.05, 0) is 18.2 Å². The Morgan fingerprint density at radius 3 is 2.45 bits per heavy atom. The van der Waals surface area contributed by atoms with Gasteiger partial charge in [0.15, 0.2) is 11.5 Å². The molecule has 0 aliphatic rings. The van der Waals surface area contributed by atoms with Gasteiger partial charge in [-0.15, -0.1) is 11.6 Å². The zero-order valence-corrected chi connectivity index (χ0v) is 14.0. The number of hydrogen-bond acceptors (Lipinski definition) is 5. The first-order chi connectivity index (χ1) is 10.4. The lowest BCUT2D eigenvalue weighted by molar-refractivity contribution is 0.0955. The van der Waals surface area contributed by atoms with Gasteiger partial charge in [-0.1, -0.05) is 0 Å². The van der Waals surface area contributed by atoms with Gasteiger partial charge in [0.05, 0.1) is 20.0 Å². The highest BCUT2D eigenvalue weighted by molar-refractivity contribution is 7.89. The predicted molar refractivity (Wildman–Crippen MR) is 84.4 cm³/mol. The average molecular weight is 351 g/mol. The average Bonchev–Trinajstić information content (AvgIpc) is 2.51. The summed E-state index contributed by atoms with van der Waals surface area (Å²) in [6.07, 6.45) is 0. The fraction of sp³-hybridized carbons (Fsp3) is 0.462. The van der Waals surface area contributed by atoms with Crippen LogP contribution in [0.25, 0.3) is 0 Å². The van der Waals surface area contributed by atoms with E-state index in [2.05, 4.69) is 10.0 Å². The first-order valence-corrected chi connectivity index (χ1v) is 8.65. The highest BCUT2D eigenvalue weighted by Crippen LogP contribution is 2.27. The van der Waals surface area contributed by atoms with Crippen molar-refractivity contribution in [2.24, 2.45) is 0 Å². The van der Waals surface area contributed by atoms with E-state index in [1.54, 1.807) is 12.1 Å². The van der Waals surface area contributed by atoms with Crippen molar-refractivity contribution in [3.05, 3.63) is 23.8 Å². The van der Waals surface area contributed by atoms with Crippen LogP contribution in [0.1, 0.15) is 10.4 Å². The third-order valence-electron chi connectivity index (χ3n) is 2.72. The second-order valence-corrected chi connectivity index (χ2v) is 6.53. The number of nitrogens with one attached hydrogen (secondary N) is 2. The van der Waals surface area contributed by atoms with Crippen molar-refractivity contribution in [2.45, 2.75) is 0 Å². The van der Waals surface area contributed by atoms with Crippen LogP contribution in [0.5, 0.6) is 11.5 Å². The summed E-state index contributed by atoms with van der Waals surface area (Å²) in [4.78, 5) is 12.0. The van der Waals surface area contributed by atoms with Gasteiger partial charge in [0.2, 0.25) is 10.0 Å². The van der Waals surface area contributed by atoms with Crippen LogP contribution in [-0.4, -0.2) is 53.3 Å². The second-order valence-electron chi connectivity index (χ2n) is 4.23. The number of halogens is 1. The normalized spacial score (nSPS) is 11.0. The largest absolute Gasteiger partial charge is 0.493 e. The van der Waals surface area contributed by atoms with Crippen LogP contribution < -0.4 is 19.5 Å². The highest BCUT2D eigenvalue weighted by Gasteiger charge is 2.13. The summed E-state index contributed by atoms with van der Waals surface area (Å²) in [5.41, 5.74) is 0.351. The molecule has 22 heavy (non-hydrogen) atoms. The van der Waals surface area contributed by atoms with Crippen LogP contribution in [0.2, 0.25) is 0 Å². The molecule has 0 fully saturated rings. The Hall–Kier alpha value is -1.51. The molecule has 1 aromatic carbocycles. The molecule has 1 rings (SSSR count). The third kappa shape index (κ3) is 5.70. The van der Waals surface area contributed by atoms with Gasteiger partial charge in [-0.3, -0.25) is 4.79 Å². The van der Waals surface area contributed by atoms with Crippen molar-refractivity contribution in [3.8, 4) is 11.5 Å². The number of alkyl halides is 1. The van der Waals surface area contributed by atoms with Crippen LogP contribution in [0, 0.1) is 0 Å². The minimum absolute atomic E-state index is 0.00913. The number of benzene rings is 1. The van der Waals surface area contributed by atoms with E-state index < -0.39 is 15.9 Å². The van der Waals surface area contributed by atoms with E-state index in [1.165, 1.54) is 20.3 Å². The predicted octanol–water partition coefficient (Wildman–Crippen LogP) is 0.592. The minimum Gasteiger partial charge on any atom is -0.493 e. The van der Waals surface area contributed by atoms with Crippen molar-refractivity contribution < 1.29 is 22.7 Å². The van der Waals surface area contributed by atoms with Gasteiger partial charge < -0.3 is 14.8 Å². The highest BCUT2D eigenvalue weighted by atomic mass is 35.5. The van der Waals surface area contributed by atoms with Crippen LogP contribution in [0.3, 0.4) is 0 Å². The summed E-state index contributed by atoms with van der Waals surface area (Å²) >= 11 is 5.41. The molecule has 7 nitrogen and oxygen atoms in total. The first kappa shape index (κ1) is 18.5. The Labute approximate surface area is 135 Å². The second kappa shape index (κ2) is 8.82. The van der Waals surface area contributed by atoms with Gasteiger partial charge in [0.1, 0.15) is 0 Å². The molecular formula is C13H19ClN2O5S. The number of ether oxygens (including phenoxy) is 2. The SMILES string of the molecule is COc1ccc(C(=O)NCCS(=O)(=O)NCCCl)cc1OC. The molecule has 0 saturated carbocycles. The molecule has 0 aromatic heterocycles. The van der Waals surface area contributed by atoms with Gasteiger partial charge in [0, 0.05) is 24.5 Å². The number of carbonyl (C=O) groups excluding carboxylic acids is 1. The van der Waals surface area contributed by atoms with E-state index in [0.717, 1.165) is 0 Å². The number of hydrogen-bond donors (Lipinski definition) is 2. The number of rotatable bonds is 9. The van der Waals surface area contributed by atoms with E-state index >= 15 is 0 Å². The van der Waals surface area contributed by atoms with Gasteiger partial charge in [-0.25, -0.2) is 13.1 Å². The maximum absolute atomic E-state index is 12.0. The van der Waals surface area contributed by atoms with Crippen LogP contribution in [0.4, 0.5) is 0 Å². The molecule has 1 aromatic rings. The molecule has 0 radical (unpaired) electrons. The fourth-order valence-electron chi connectivity index (χ4n) is 1.64. The lowest BCUT2D eigenvalue weighted by Crippen LogP contribution is -2.35. The molecule has 0 spiro atoms. The lowest BCUT2D eigenvalue weighted by atomic mass is 10.2. The minimum atomic E-state index is -3.44. The fourth-order valence-corrected chi connectivity index (χ4v) is 2.78. The van der Waals surface area contributed by atoms with Gasteiger partial charge in [-0.2, -0.15) is 0 Å². The summed E-state index contributed by atoms with van der Waals surface area (Å²) in [5, 5.41) is 2.53. The quantitative estimate of drug-likeness (QED) is 0.636. The van der Waals surface area contributed by atoms with Crippen molar-refractivity contribution in [1.29, 1.82) is 0 Å². The van der Waals surface area contributed by atoms with Crippen molar-refractivity contribution in [3.63, 3.8) is 0 Å². The molecule has 0 heterocycles. The van der Waals surface area contributed by atoms with Crippen molar-refractivity contribution in [1.82, 2.24) is 10.0 Å². The Kier molecular flexibility index (Phi) is 7.43. The zero-order chi connectivity index (χ0) is 16.6. The molecule has 1 amide bonds. The lowest BCUT2D eigenvalue weighted by Gasteiger charge is -2.10. The van der Waals surface area contributed by atoms with Crippen LogP contribution in [-0.2, 0) is 10.0 Å². The van der Waals surface area contributed by atoms with Gasteiger partial charge in [0.25, 0.3) is 5.91 Å². The van der Waals surface area contributed by atoms with E-state index in [1.807, 2.05) is 0 Å². The molecule has 124 valence electrons. The number of carbonyl (C=O) groups is 1. The number of sulfonamides is 1. The number of methoxy groups -OCH3 is 2. The van der Waals surface area contributed by atoms with E-state index in [0.29, 0.717) is 17.1 Å². The molecule has 0 unspecified atom stereocenters. The summed E-state index contributed by atoms with van der Waals surface area (Å²) < 4.78 is 35.6. The summed E-state index contributed by atoms with van der Waals surface area (Å²) in [6, 6.07) is 4.69. The Bertz CT molecular complexity index is 606. The van der Waals surface area contributed by atoms with Crippen LogP contribution in [0.15, 0.2) is 18.2 Å². The topological polar surface area (TPSA) is 93.7 Å². The maximum Gasteiger partial charge on any atom is 0.251 e. The Morgan fingerprint density at radius 1 is 1.18 bits per heavy atom. The summed E-state index contributed by atoms with van der Waals surface area (Å²) in [5.74, 6) is 0.507. The zero-order valence-electron chi connectivity index (χ0n) is 12.4. The molecular weight excluding hydrogens is 332 g/mol. The Balaban J connectivity index is 2.59. The molecule has 9 heteroatoms. The first-order valence-electron chi connectivity index (χ1n) is 6.47. The van der Waals surface area contributed by atoms with Crippen LogP contribution >= 0.6 is 11.6 Å². The maximum atomic E-state index is 12.0. The molecule has 0 saturated heterocycles. The van der Waals surface area contributed by atoms with E-state index in [4.69, 9.17) is 21.1 Å². The summed E-state index contributed by atoms with van der Waals surface area (Å²) in [7, 11) is -0.476. The standard InChI is InChI=1S/C13H19ClN2O5S/c1-20-11-4-3-10(9-12(11)21-2)13(17)15-7-8-22(18,19)16-6-5-14/h3-4,9,16H,5-8H2,1-2H3,(H,15,17). The molecule has 0 aliphatic carbocycles.